The Kier molecular flexibility index (Phi) is 4.48. The molecule has 1 aromatic rings. The first-order valence-corrected chi connectivity index (χ1v) is 6.29. The number of hydrogen-bond donors (Lipinski definition) is 0. The van der Waals surface area contributed by atoms with Crippen LogP contribution < -0.4 is 0 Å². The minimum atomic E-state index is -0.906. The molecule has 0 aromatic heterocycles. The van der Waals surface area contributed by atoms with Gasteiger partial charge in [0.1, 0.15) is 0 Å². The van der Waals surface area contributed by atoms with Gasteiger partial charge in [-0.15, -0.1) is 0 Å². The molecule has 0 spiro atoms. The van der Waals surface area contributed by atoms with Crippen LogP contribution in [-0.4, -0.2) is 22.7 Å². The smallest absolute Gasteiger partial charge is 0.0639 e. The molecule has 0 bridgehead atoms. The van der Waals surface area contributed by atoms with Gasteiger partial charge in [0, 0.05) is 23.7 Å². The maximum Gasteiger partial charge on any atom is 0.0639 e. The molecule has 1 rings (SSSR count). The van der Waals surface area contributed by atoms with Crippen molar-refractivity contribution in [3.05, 3.63) is 35.9 Å². The van der Waals surface area contributed by atoms with Crippen LogP contribution in [0, 0.1) is 0 Å². The van der Waals surface area contributed by atoms with Crippen molar-refractivity contribution in [3.63, 3.8) is 0 Å². The van der Waals surface area contributed by atoms with Crippen LogP contribution in [0.3, 0.4) is 0 Å². The molecule has 1 unspecified atom stereocenters. The maximum absolute atomic E-state index is 12.1. The van der Waals surface area contributed by atoms with Gasteiger partial charge < -0.3 is 4.74 Å². The van der Waals surface area contributed by atoms with Crippen LogP contribution in [0.2, 0.25) is 0 Å². The van der Waals surface area contributed by atoms with E-state index in [0.29, 0.717) is 12.4 Å². The average molecular weight is 226 g/mol. The highest BCUT2D eigenvalue weighted by molar-refractivity contribution is 7.85. The average Bonchev–Trinajstić information content (AvgIpc) is 2.19. The van der Waals surface area contributed by atoms with E-state index in [9.17, 15) is 4.21 Å². The molecule has 0 fully saturated rings. The monoisotopic (exact) mass is 226 g/mol. The highest BCUT2D eigenvalue weighted by atomic mass is 32.2. The molecule has 1 aromatic carbocycles. The largest absolute Gasteiger partial charge is 0.383 e. The molecule has 0 aliphatic rings. The predicted molar refractivity (Wildman–Crippen MR) is 64.2 cm³/mol. The van der Waals surface area contributed by atoms with Crippen molar-refractivity contribution in [2.24, 2.45) is 0 Å². The molecule has 0 saturated carbocycles. The molecule has 0 aliphatic heterocycles. The quantitative estimate of drug-likeness (QED) is 0.770. The lowest BCUT2D eigenvalue weighted by atomic mass is 10.2. The van der Waals surface area contributed by atoms with Gasteiger partial charge >= 0.3 is 0 Å². The van der Waals surface area contributed by atoms with E-state index in [1.807, 2.05) is 44.2 Å². The Morgan fingerprint density at radius 2 is 1.87 bits per heavy atom. The van der Waals surface area contributed by atoms with E-state index in [2.05, 4.69) is 0 Å². The summed E-state index contributed by atoms with van der Waals surface area (Å²) in [6.07, 6.45) is 0. The number of benzene rings is 1. The lowest BCUT2D eigenvalue weighted by Crippen LogP contribution is -2.32. The molecule has 0 aliphatic carbocycles. The normalized spacial score (nSPS) is 13.8. The molecule has 0 N–H and O–H groups in total. The lowest BCUT2D eigenvalue weighted by Gasteiger charge is -2.22. The summed E-state index contributed by atoms with van der Waals surface area (Å²) < 4.78 is 16.8. The van der Waals surface area contributed by atoms with Crippen molar-refractivity contribution >= 4 is 10.8 Å². The topological polar surface area (TPSA) is 26.3 Å². The first kappa shape index (κ1) is 12.4. The molecular weight excluding hydrogens is 208 g/mol. The van der Waals surface area contributed by atoms with E-state index >= 15 is 0 Å². The van der Waals surface area contributed by atoms with Gasteiger partial charge in [-0.25, -0.2) is 0 Å². The van der Waals surface area contributed by atoms with Crippen molar-refractivity contribution in [2.45, 2.75) is 24.3 Å². The number of rotatable bonds is 5. The van der Waals surface area contributed by atoms with E-state index in [1.165, 1.54) is 0 Å². The van der Waals surface area contributed by atoms with Crippen molar-refractivity contribution in [2.75, 3.05) is 13.7 Å². The van der Waals surface area contributed by atoms with Gasteiger partial charge in [-0.1, -0.05) is 30.3 Å². The Morgan fingerprint density at radius 1 is 1.27 bits per heavy atom. The number of ether oxygens (including phenoxy) is 1. The molecule has 3 heteroatoms. The maximum atomic E-state index is 12.1. The molecule has 15 heavy (non-hydrogen) atoms. The van der Waals surface area contributed by atoms with Crippen molar-refractivity contribution < 1.29 is 8.95 Å². The Labute approximate surface area is 94.1 Å². The van der Waals surface area contributed by atoms with E-state index in [0.717, 1.165) is 5.56 Å². The zero-order chi connectivity index (χ0) is 11.3. The summed E-state index contributed by atoms with van der Waals surface area (Å²) in [4.78, 5) is 0. The minimum Gasteiger partial charge on any atom is -0.383 e. The van der Waals surface area contributed by atoms with Crippen LogP contribution in [0.25, 0.3) is 0 Å². The lowest BCUT2D eigenvalue weighted by molar-refractivity contribution is 0.177. The van der Waals surface area contributed by atoms with Crippen LogP contribution in [-0.2, 0) is 21.3 Å². The molecule has 0 amide bonds. The summed E-state index contributed by atoms with van der Waals surface area (Å²) in [5, 5.41) is 0. The third-order valence-electron chi connectivity index (χ3n) is 2.25. The molecule has 0 heterocycles. The zero-order valence-electron chi connectivity index (χ0n) is 9.53. The van der Waals surface area contributed by atoms with E-state index in [4.69, 9.17) is 4.74 Å². The van der Waals surface area contributed by atoms with Crippen LogP contribution in [0.4, 0.5) is 0 Å². The van der Waals surface area contributed by atoms with Crippen molar-refractivity contribution in [1.29, 1.82) is 0 Å². The Morgan fingerprint density at radius 3 is 2.40 bits per heavy atom. The summed E-state index contributed by atoms with van der Waals surface area (Å²) in [7, 11) is 0.734. The van der Waals surface area contributed by atoms with Crippen LogP contribution in [0.1, 0.15) is 19.4 Å². The van der Waals surface area contributed by atoms with Crippen molar-refractivity contribution in [3.8, 4) is 0 Å². The third kappa shape index (κ3) is 3.76. The molecule has 1 atom stereocenters. The van der Waals surface area contributed by atoms with Gasteiger partial charge in [0.05, 0.1) is 11.4 Å². The third-order valence-corrected chi connectivity index (χ3v) is 4.19. The number of methoxy groups -OCH3 is 1. The van der Waals surface area contributed by atoms with Gasteiger partial charge in [0.2, 0.25) is 0 Å². The van der Waals surface area contributed by atoms with E-state index < -0.39 is 10.8 Å². The fourth-order valence-electron chi connectivity index (χ4n) is 1.33. The summed E-state index contributed by atoms with van der Waals surface area (Å²) in [5.74, 6) is 0.594. The Balaban J connectivity index is 2.63. The predicted octanol–water partition coefficient (Wildman–Crippen LogP) is 2.36. The van der Waals surface area contributed by atoms with Crippen LogP contribution in [0.5, 0.6) is 0 Å². The minimum absolute atomic E-state index is 0.287. The van der Waals surface area contributed by atoms with Gasteiger partial charge in [-0.05, 0) is 19.4 Å². The molecular formula is C12H18O2S. The summed E-state index contributed by atoms with van der Waals surface area (Å²) >= 11 is 0. The Hall–Kier alpha value is -0.670. The highest BCUT2D eigenvalue weighted by Gasteiger charge is 2.25. The van der Waals surface area contributed by atoms with Crippen LogP contribution >= 0.6 is 0 Å². The van der Waals surface area contributed by atoms with Gasteiger partial charge in [0.15, 0.2) is 0 Å². The van der Waals surface area contributed by atoms with E-state index in [-0.39, 0.29) is 4.75 Å². The molecule has 2 nitrogen and oxygen atoms in total. The van der Waals surface area contributed by atoms with Gasteiger partial charge in [-0.2, -0.15) is 0 Å². The fourth-order valence-corrected chi connectivity index (χ4v) is 2.47. The summed E-state index contributed by atoms with van der Waals surface area (Å²) in [5.41, 5.74) is 1.11. The second-order valence-electron chi connectivity index (χ2n) is 4.17. The standard InChI is InChI=1S/C12H18O2S/c1-12(2,10-14-3)15(13)9-11-7-5-4-6-8-11/h4-8H,9-10H2,1-3H3. The SMILES string of the molecule is COCC(C)(C)S(=O)Cc1ccccc1. The second-order valence-corrected chi connectivity index (χ2v) is 6.25. The van der Waals surface area contributed by atoms with Gasteiger partial charge in [0.25, 0.3) is 0 Å². The molecule has 0 saturated heterocycles. The van der Waals surface area contributed by atoms with Crippen LogP contribution in [0.15, 0.2) is 30.3 Å². The molecule has 0 radical (unpaired) electrons. The zero-order valence-corrected chi connectivity index (χ0v) is 10.3. The first-order chi connectivity index (χ1) is 7.06. The number of hydrogen-bond acceptors (Lipinski definition) is 2. The summed E-state index contributed by atoms with van der Waals surface area (Å²) in [6, 6.07) is 9.90. The Bertz CT molecular complexity index is 320. The summed E-state index contributed by atoms with van der Waals surface area (Å²) in [6.45, 7) is 4.46. The van der Waals surface area contributed by atoms with Crippen molar-refractivity contribution in [1.82, 2.24) is 0 Å². The fraction of sp³-hybridized carbons (Fsp3) is 0.500. The first-order valence-electron chi connectivity index (χ1n) is 4.97. The second kappa shape index (κ2) is 5.42. The van der Waals surface area contributed by atoms with E-state index in [1.54, 1.807) is 7.11 Å². The highest BCUT2D eigenvalue weighted by Crippen LogP contribution is 2.17. The van der Waals surface area contributed by atoms with Gasteiger partial charge in [-0.3, -0.25) is 4.21 Å². The molecule has 84 valence electrons.